The molecule has 11 unspecified atom stereocenters. The minimum atomic E-state index is -1.16. The third kappa shape index (κ3) is 15.4. The van der Waals surface area contributed by atoms with Crippen LogP contribution in [0.4, 0.5) is 0 Å². The quantitative estimate of drug-likeness (QED) is 0.156. The van der Waals surface area contributed by atoms with E-state index in [0.29, 0.717) is 17.8 Å². The van der Waals surface area contributed by atoms with Crippen LogP contribution in [0.1, 0.15) is 121 Å². The Kier molecular flexibility index (Phi) is 31.0. The number of hydrogen-bond donors (Lipinski definition) is 4. The molecule has 4 radical (unpaired) electrons. The van der Waals surface area contributed by atoms with E-state index in [-0.39, 0.29) is 99.4 Å². The Balaban J connectivity index is -0.000000322. The fourth-order valence-corrected chi connectivity index (χ4v) is 9.07. The molecule has 4 saturated carbocycles. The summed E-state index contributed by atoms with van der Waals surface area (Å²) in [6.07, 6.45) is 5.51. The van der Waals surface area contributed by atoms with Crippen LogP contribution in [-0.4, -0.2) is 68.7 Å². The van der Waals surface area contributed by atoms with Gasteiger partial charge in [0.25, 0.3) is 0 Å². The van der Waals surface area contributed by atoms with Gasteiger partial charge in [0.2, 0.25) is 11.8 Å². The molecule has 57 heavy (non-hydrogen) atoms. The summed E-state index contributed by atoms with van der Waals surface area (Å²) >= 11 is 0. The Hall–Kier alpha value is -0.621. The summed E-state index contributed by atoms with van der Waals surface area (Å²) in [7, 11) is 1.00. The van der Waals surface area contributed by atoms with Crippen molar-refractivity contribution in [3.05, 3.63) is 35.9 Å². The summed E-state index contributed by atoms with van der Waals surface area (Å²) < 4.78 is 0. The smallest absolute Gasteiger partial charge is 0.323 e. The van der Waals surface area contributed by atoms with Gasteiger partial charge >= 0.3 is 17.9 Å². The first kappa shape index (κ1) is 63.0. The molecular formula is C43H71NO9Re4. The number of likely N-dealkylation sites (tertiary alicyclic amines) is 1. The van der Waals surface area contributed by atoms with Gasteiger partial charge in [0.1, 0.15) is 6.54 Å². The largest absolute Gasteiger partial charge is 0.481 e. The van der Waals surface area contributed by atoms with E-state index < -0.39 is 41.7 Å². The number of carbonyl (C=O) groups is 5. The standard InChI is InChI=1S/C15H22O2.C11H16.C8H11NO4.C6H12O2.C2H6.CH4O.4Re/c1-6-7(2)10-5-9(6)13-8-3-11(14(10)13)12(4-8)15(16)17;1-4-11(2,3)10-8-6-5-7-9-10;1-4-5(2)8(13)9(7(4)12)3-6(10)11;1-4-6(2,3)5(7)8;2*1-2;;;;/h6-14H,3-5H2,1-2H3,(H,16,17);5-9H,4H2,1-3H3;4-5H,3H2,1-2H3,(H,10,11);4H2,1-3H3,(H,7,8);1-2H3;2H,1H3;;;;. The average Bonchev–Trinajstić information content (AvgIpc) is 3.95. The predicted molar refractivity (Wildman–Crippen MR) is 208 cm³/mol. The van der Waals surface area contributed by atoms with Crippen molar-refractivity contribution < 1.29 is 126 Å². The topological polar surface area (TPSA) is 170 Å². The van der Waals surface area contributed by atoms with Gasteiger partial charge in [-0.2, -0.15) is 0 Å². The molecule has 2 amide bonds. The molecule has 5 fully saturated rings. The summed E-state index contributed by atoms with van der Waals surface area (Å²) in [4.78, 5) is 55.3. The maximum absolute atomic E-state index is 11.3. The Bertz CT molecular complexity index is 1360. The van der Waals surface area contributed by atoms with Gasteiger partial charge in [-0.05, 0) is 104 Å². The van der Waals surface area contributed by atoms with E-state index in [1.54, 1.807) is 27.7 Å². The molecule has 1 saturated heterocycles. The monoisotopic (exact) mass is 1490 g/mol. The number of benzene rings is 1. The zero-order chi connectivity index (χ0) is 41.2. The summed E-state index contributed by atoms with van der Waals surface area (Å²) in [6.45, 7) is 23.7. The van der Waals surface area contributed by atoms with Crippen LogP contribution >= 0.6 is 0 Å². The zero-order valence-corrected chi connectivity index (χ0v) is 47.1. The summed E-state index contributed by atoms with van der Waals surface area (Å²) in [5.74, 6) is 2.55. The molecule has 11 atom stereocenters. The Morgan fingerprint density at radius 3 is 1.47 bits per heavy atom. The number of aliphatic carboxylic acids is 3. The van der Waals surface area contributed by atoms with Crippen molar-refractivity contribution in [2.24, 2.45) is 70.5 Å². The number of nitrogens with zero attached hydrogens (tertiary/aromatic N) is 1. The number of imide groups is 1. The zero-order valence-electron chi connectivity index (χ0n) is 36.3. The van der Waals surface area contributed by atoms with Crippen LogP contribution in [-0.2, 0) is 111 Å². The maximum Gasteiger partial charge on any atom is 0.323 e. The molecule has 5 aliphatic rings. The van der Waals surface area contributed by atoms with Crippen molar-refractivity contribution >= 4 is 29.7 Å². The van der Waals surface area contributed by atoms with Crippen molar-refractivity contribution in [2.45, 2.75) is 121 Å². The molecule has 1 aromatic rings. The normalized spacial score (nSPS) is 29.3. The van der Waals surface area contributed by atoms with Crippen LogP contribution in [0, 0.1) is 70.5 Å². The first-order valence-corrected chi connectivity index (χ1v) is 19.7. The summed E-state index contributed by atoms with van der Waals surface area (Å²) in [5, 5.41) is 33.2. The SMILES string of the molecule is CC.CC1C(=O)N(CC(=O)O)C(=O)C1C.CC1C(C)C2CC1C1C3CC(C(=O)O)C(C3)C21.CCC(C)(C)C(=O)O.CCC(C)(C)c1ccccc1.CO.[Re].[Re].[Re].[Re]. The average molecular weight is 1490 g/mol. The molecule has 0 aromatic heterocycles. The van der Waals surface area contributed by atoms with Crippen LogP contribution in [0.5, 0.6) is 0 Å². The molecule has 14 heteroatoms. The molecule has 0 spiro atoms. The van der Waals surface area contributed by atoms with Gasteiger partial charge in [-0.15, -0.1) is 0 Å². The van der Waals surface area contributed by atoms with Crippen LogP contribution < -0.4 is 0 Å². The van der Waals surface area contributed by atoms with E-state index in [2.05, 4.69) is 65.0 Å². The van der Waals surface area contributed by atoms with E-state index in [1.165, 1.54) is 24.8 Å². The van der Waals surface area contributed by atoms with Gasteiger partial charge in [-0.25, -0.2) is 0 Å². The second-order valence-corrected chi connectivity index (χ2v) is 16.7. The van der Waals surface area contributed by atoms with Crippen LogP contribution in [0.15, 0.2) is 30.3 Å². The number of carboxylic acids is 3. The molecule has 4 N–H and O–H groups in total. The van der Waals surface area contributed by atoms with Crippen LogP contribution in [0.25, 0.3) is 0 Å². The Morgan fingerprint density at radius 1 is 0.684 bits per heavy atom. The van der Waals surface area contributed by atoms with Crippen molar-refractivity contribution in [1.82, 2.24) is 4.90 Å². The van der Waals surface area contributed by atoms with E-state index in [0.717, 1.165) is 59.9 Å². The van der Waals surface area contributed by atoms with Gasteiger partial charge < -0.3 is 20.4 Å². The van der Waals surface area contributed by atoms with Crippen molar-refractivity contribution in [2.75, 3.05) is 13.7 Å². The second-order valence-electron chi connectivity index (χ2n) is 16.7. The molecule has 1 aliphatic heterocycles. The van der Waals surface area contributed by atoms with Crippen LogP contribution in [0.3, 0.4) is 0 Å². The first-order chi connectivity index (χ1) is 24.7. The minimum Gasteiger partial charge on any atom is -0.481 e. The Morgan fingerprint density at radius 2 is 1.12 bits per heavy atom. The summed E-state index contributed by atoms with van der Waals surface area (Å²) in [6, 6.07) is 10.7. The van der Waals surface area contributed by atoms with Gasteiger partial charge in [0.15, 0.2) is 0 Å². The van der Waals surface area contributed by atoms with E-state index in [9.17, 15) is 29.1 Å². The van der Waals surface area contributed by atoms with Gasteiger partial charge in [-0.3, -0.25) is 28.9 Å². The first-order valence-electron chi connectivity index (χ1n) is 19.7. The number of carbonyl (C=O) groups excluding carboxylic acids is 2. The number of carboxylic acid groups (broad SMARTS) is 3. The minimum absolute atomic E-state index is 0. The van der Waals surface area contributed by atoms with E-state index in [1.807, 2.05) is 20.8 Å². The number of amides is 2. The third-order valence-corrected chi connectivity index (χ3v) is 13.4. The number of aliphatic hydroxyl groups is 1. The number of hydrogen-bond acceptors (Lipinski definition) is 6. The van der Waals surface area contributed by atoms with E-state index in [4.69, 9.17) is 15.3 Å². The Labute approximate surface area is 398 Å². The predicted octanol–water partition coefficient (Wildman–Crippen LogP) is 8.10. The molecule has 330 valence electrons. The molecule has 6 rings (SSSR count). The van der Waals surface area contributed by atoms with Gasteiger partial charge in [0.05, 0.1) is 11.3 Å². The fourth-order valence-electron chi connectivity index (χ4n) is 9.07. The number of aliphatic hydroxyl groups excluding tert-OH is 1. The molecule has 10 nitrogen and oxygen atoms in total. The number of fused-ring (bicyclic) bond motifs is 9. The second kappa shape index (κ2) is 28.1. The number of rotatable bonds is 7. The summed E-state index contributed by atoms with van der Waals surface area (Å²) in [5.41, 5.74) is 1.23. The van der Waals surface area contributed by atoms with Gasteiger partial charge in [-0.1, -0.05) is 99.6 Å². The maximum atomic E-state index is 11.3. The van der Waals surface area contributed by atoms with E-state index >= 15 is 0 Å². The molecule has 1 heterocycles. The molecular weight excluding hydrogens is 1420 g/mol. The molecule has 4 aliphatic carbocycles. The third-order valence-electron chi connectivity index (χ3n) is 13.4. The fraction of sp³-hybridized carbons (Fsp3) is 0.744. The molecule has 4 bridgehead atoms. The van der Waals surface area contributed by atoms with Crippen molar-refractivity contribution in [3.8, 4) is 0 Å². The van der Waals surface area contributed by atoms with Crippen molar-refractivity contribution in [1.29, 1.82) is 0 Å². The van der Waals surface area contributed by atoms with Crippen LogP contribution in [0.2, 0.25) is 0 Å². The van der Waals surface area contributed by atoms with Gasteiger partial charge in [0, 0.05) is 101 Å². The molecule has 1 aromatic carbocycles. The van der Waals surface area contributed by atoms with Crippen molar-refractivity contribution in [3.63, 3.8) is 0 Å².